The number of alkyl halides is 1. The number of benzene rings is 2. The quantitative estimate of drug-likeness (QED) is 0.527. The first-order valence-electron chi connectivity index (χ1n) is 10.1. The summed E-state index contributed by atoms with van der Waals surface area (Å²) in [5, 5.41) is 0.366. The van der Waals surface area contributed by atoms with E-state index in [1.165, 1.54) is 10.9 Å². The van der Waals surface area contributed by atoms with Crippen LogP contribution >= 0.6 is 0 Å². The van der Waals surface area contributed by atoms with E-state index in [0.717, 1.165) is 36.0 Å². The highest BCUT2D eigenvalue weighted by molar-refractivity contribution is 5.99. The Bertz CT molecular complexity index is 1260. The fraction of sp³-hybridized carbons (Fsp3) is 0.250. The van der Waals surface area contributed by atoms with E-state index < -0.39 is 6.67 Å². The Kier molecular flexibility index (Phi) is 4.51. The lowest BCUT2D eigenvalue weighted by Crippen LogP contribution is -2.43. The number of hydrogen-bond acceptors (Lipinski definition) is 4. The van der Waals surface area contributed by atoms with Gasteiger partial charge in [0, 0.05) is 16.7 Å². The Morgan fingerprint density at radius 3 is 2.43 bits per heavy atom. The molecule has 1 fully saturated rings. The lowest BCUT2D eigenvalue weighted by atomic mass is 9.72. The Hall–Kier alpha value is -3.25. The predicted molar refractivity (Wildman–Crippen MR) is 115 cm³/mol. The van der Waals surface area contributed by atoms with Gasteiger partial charge in [0.15, 0.2) is 0 Å². The first-order valence-corrected chi connectivity index (χ1v) is 10.1. The maximum Gasteiger partial charge on any atom is 0.265 e. The van der Waals surface area contributed by atoms with Gasteiger partial charge >= 0.3 is 0 Å². The third kappa shape index (κ3) is 2.95. The topological polar surface area (TPSA) is 74.0 Å². The molecule has 0 unspecified atom stereocenters. The van der Waals surface area contributed by atoms with Gasteiger partial charge in [-0.05, 0) is 30.4 Å². The first kappa shape index (κ1) is 18.8. The molecular formula is C24H22FN3O2. The monoisotopic (exact) mass is 403 g/mol. The van der Waals surface area contributed by atoms with Crippen LogP contribution in [0.4, 0.5) is 4.39 Å². The molecule has 0 aliphatic heterocycles. The van der Waals surface area contributed by atoms with E-state index in [1.807, 2.05) is 54.6 Å². The van der Waals surface area contributed by atoms with Crippen LogP contribution in [0.1, 0.15) is 24.8 Å². The van der Waals surface area contributed by atoms with Crippen molar-refractivity contribution in [3.63, 3.8) is 0 Å². The molecule has 0 radical (unpaired) electrons. The molecule has 2 N–H and O–H groups in total. The zero-order chi connectivity index (χ0) is 20.7. The number of aromatic nitrogens is 2. The largest absolute Gasteiger partial charge is 0.437 e. The zero-order valence-electron chi connectivity index (χ0n) is 16.5. The van der Waals surface area contributed by atoms with Crippen LogP contribution in [0.5, 0.6) is 0 Å². The number of halogens is 1. The van der Waals surface area contributed by atoms with Crippen molar-refractivity contribution in [3.8, 4) is 22.5 Å². The molecule has 30 heavy (non-hydrogen) atoms. The fourth-order valence-electron chi connectivity index (χ4n) is 4.16. The third-order valence-corrected chi connectivity index (χ3v) is 6.03. The van der Waals surface area contributed by atoms with Crippen LogP contribution < -0.4 is 11.3 Å². The Labute approximate surface area is 173 Å². The zero-order valence-corrected chi connectivity index (χ0v) is 16.5. The van der Waals surface area contributed by atoms with Gasteiger partial charge in [-0.15, -0.1) is 0 Å². The minimum Gasteiger partial charge on any atom is -0.437 e. The molecule has 1 aliphatic carbocycles. The number of nitrogens with zero attached hydrogens (tertiary/aromatic N) is 2. The van der Waals surface area contributed by atoms with E-state index in [-0.39, 0.29) is 23.4 Å². The average Bonchev–Trinajstić information content (AvgIpc) is 3.15. The number of rotatable bonds is 5. The number of fused-ring (bicyclic) bond motifs is 1. The fourth-order valence-corrected chi connectivity index (χ4v) is 4.16. The molecule has 2 heterocycles. The van der Waals surface area contributed by atoms with Crippen molar-refractivity contribution in [2.24, 2.45) is 5.73 Å². The normalized spacial score (nSPS) is 15.3. The van der Waals surface area contributed by atoms with Crippen molar-refractivity contribution >= 4 is 11.1 Å². The first-order chi connectivity index (χ1) is 14.6. The molecule has 5 rings (SSSR count). The van der Waals surface area contributed by atoms with Gasteiger partial charge in [-0.2, -0.15) is 0 Å². The highest BCUT2D eigenvalue weighted by Crippen LogP contribution is 2.41. The van der Waals surface area contributed by atoms with Crippen LogP contribution in [0.15, 0.2) is 70.1 Å². The number of nitrogens with two attached hydrogens (primary N) is 1. The Morgan fingerprint density at radius 1 is 1.07 bits per heavy atom. The molecule has 0 spiro atoms. The SMILES string of the molecule is NC1(c2ccc(-c3oc4ncn(CCF)c(=O)c4c3-c3ccccc3)cc2)CCC1. The highest BCUT2D eigenvalue weighted by Gasteiger charge is 2.34. The molecule has 0 saturated heterocycles. The minimum atomic E-state index is -0.638. The van der Waals surface area contributed by atoms with Crippen molar-refractivity contribution in [1.29, 1.82) is 0 Å². The molecule has 2 aromatic carbocycles. The van der Waals surface area contributed by atoms with Crippen LogP contribution in [0, 0.1) is 0 Å². The maximum atomic E-state index is 13.1. The molecule has 0 bridgehead atoms. The van der Waals surface area contributed by atoms with E-state index >= 15 is 0 Å². The number of aryl methyl sites for hydroxylation is 1. The molecular weight excluding hydrogens is 381 g/mol. The van der Waals surface area contributed by atoms with E-state index in [4.69, 9.17) is 10.2 Å². The summed E-state index contributed by atoms with van der Waals surface area (Å²) in [5.41, 5.74) is 9.63. The lowest BCUT2D eigenvalue weighted by molar-refractivity contribution is 0.253. The van der Waals surface area contributed by atoms with Gasteiger partial charge in [-0.25, -0.2) is 9.37 Å². The van der Waals surface area contributed by atoms with E-state index in [9.17, 15) is 9.18 Å². The second-order valence-corrected chi connectivity index (χ2v) is 7.87. The highest BCUT2D eigenvalue weighted by atomic mass is 19.1. The van der Waals surface area contributed by atoms with Crippen LogP contribution in [-0.2, 0) is 12.1 Å². The summed E-state index contributed by atoms with van der Waals surface area (Å²) in [5.74, 6) is 0.574. The Balaban J connectivity index is 1.72. The summed E-state index contributed by atoms with van der Waals surface area (Å²) >= 11 is 0. The van der Waals surface area contributed by atoms with Gasteiger partial charge in [0.05, 0.1) is 6.54 Å². The molecule has 0 atom stereocenters. The van der Waals surface area contributed by atoms with Crippen molar-refractivity contribution in [2.45, 2.75) is 31.3 Å². The third-order valence-electron chi connectivity index (χ3n) is 6.03. The van der Waals surface area contributed by atoms with Gasteiger partial charge in [0.2, 0.25) is 5.71 Å². The second-order valence-electron chi connectivity index (χ2n) is 7.87. The Morgan fingerprint density at radius 2 is 1.80 bits per heavy atom. The summed E-state index contributed by atoms with van der Waals surface area (Å²) < 4.78 is 20.3. The summed E-state index contributed by atoms with van der Waals surface area (Å²) in [6.07, 6.45) is 4.47. The van der Waals surface area contributed by atoms with Crippen molar-refractivity contribution in [2.75, 3.05) is 6.67 Å². The standard InChI is InChI=1S/C24H22FN3O2/c25-13-14-28-15-27-22-20(23(28)29)19(16-5-2-1-3-6-16)21(30-22)17-7-9-18(10-8-17)24(26)11-4-12-24/h1-3,5-10,15H,4,11-14,26H2. The molecule has 152 valence electrons. The lowest BCUT2D eigenvalue weighted by Gasteiger charge is -2.38. The van der Waals surface area contributed by atoms with E-state index in [0.29, 0.717) is 16.7 Å². The molecule has 1 aliphatic rings. The van der Waals surface area contributed by atoms with Crippen molar-refractivity contribution < 1.29 is 8.81 Å². The predicted octanol–water partition coefficient (Wildman–Crippen LogP) is 4.63. The maximum absolute atomic E-state index is 13.1. The molecule has 4 aromatic rings. The van der Waals surface area contributed by atoms with Crippen molar-refractivity contribution in [3.05, 3.63) is 76.8 Å². The summed E-state index contributed by atoms with van der Waals surface area (Å²) in [6, 6.07) is 17.6. The average molecular weight is 403 g/mol. The molecule has 5 nitrogen and oxygen atoms in total. The molecule has 6 heteroatoms. The molecule has 1 saturated carbocycles. The van der Waals surface area contributed by atoms with Crippen molar-refractivity contribution in [1.82, 2.24) is 9.55 Å². The molecule has 2 aromatic heterocycles. The van der Waals surface area contributed by atoms with Crippen LogP contribution in [0.3, 0.4) is 0 Å². The minimum absolute atomic E-state index is 0.0379. The van der Waals surface area contributed by atoms with E-state index in [1.54, 1.807) is 0 Å². The van der Waals surface area contributed by atoms with Crippen LogP contribution in [0.25, 0.3) is 33.6 Å². The van der Waals surface area contributed by atoms with Gasteiger partial charge in [-0.1, -0.05) is 54.6 Å². The smallest absolute Gasteiger partial charge is 0.265 e. The number of furan rings is 1. The van der Waals surface area contributed by atoms with Crippen LogP contribution in [0.2, 0.25) is 0 Å². The van der Waals surface area contributed by atoms with Gasteiger partial charge in [0.1, 0.15) is 24.1 Å². The van der Waals surface area contributed by atoms with Gasteiger partial charge in [-0.3, -0.25) is 9.36 Å². The summed E-state index contributed by atoms with van der Waals surface area (Å²) in [6.45, 7) is -0.676. The van der Waals surface area contributed by atoms with Gasteiger partial charge < -0.3 is 10.2 Å². The van der Waals surface area contributed by atoms with E-state index in [2.05, 4.69) is 4.98 Å². The number of hydrogen-bond donors (Lipinski definition) is 1. The second kappa shape index (κ2) is 7.22. The van der Waals surface area contributed by atoms with Gasteiger partial charge in [0.25, 0.3) is 5.56 Å². The summed E-state index contributed by atoms with van der Waals surface area (Å²) in [4.78, 5) is 17.4. The van der Waals surface area contributed by atoms with Crippen LogP contribution in [-0.4, -0.2) is 16.2 Å². The molecule has 0 amide bonds. The summed E-state index contributed by atoms with van der Waals surface area (Å²) in [7, 11) is 0.